The maximum absolute atomic E-state index is 12.2. The van der Waals surface area contributed by atoms with Crippen molar-refractivity contribution in [2.24, 2.45) is 4.99 Å². The molecule has 1 aromatic heterocycles. The summed E-state index contributed by atoms with van der Waals surface area (Å²) < 4.78 is 12.5. The molecule has 0 saturated carbocycles. The van der Waals surface area contributed by atoms with Gasteiger partial charge in [0.1, 0.15) is 5.75 Å². The van der Waals surface area contributed by atoms with Gasteiger partial charge in [0.25, 0.3) is 0 Å². The summed E-state index contributed by atoms with van der Waals surface area (Å²) in [7, 11) is 0. The third-order valence-electron chi connectivity index (χ3n) is 3.96. The molecule has 6 nitrogen and oxygen atoms in total. The molecule has 6 heteroatoms. The molecule has 0 radical (unpaired) electrons. The van der Waals surface area contributed by atoms with E-state index in [2.05, 4.69) is 10.1 Å². The highest BCUT2D eigenvalue weighted by atomic mass is 16.6. The fraction of sp³-hybridized carbons (Fsp3) is 0.0952. The molecule has 0 amide bonds. The van der Waals surface area contributed by atoms with Crippen molar-refractivity contribution in [3.05, 3.63) is 83.8 Å². The van der Waals surface area contributed by atoms with E-state index in [0.29, 0.717) is 6.61 Å². The molecule has 1 aliphatic heterocycles. The summed E-state index contributed by atoms with van der Waals surface area (Å²) in [4.78, 5) is 16.5. The first-order valence-electron chi connectivity index (χ1n) is 8.59. The van der Waals surface area contributed by atoms with Gasteiger partial charge < -0.3 is 9.47 Å². The van der Waals surface area contributed by atoms with Crippen LogP contribution in [0.1, 0.15) is 18.1 Å². The monoisotopic (exact) mass is 359 g/mol. The Labute approximate surface area is 156 Å². The van der Waals surface area contributed by atoms with E-state index in [4.69, 9.17) is 9.47 Å². The van der Waals surface area contributed by atoms with Crippen molar-refractivity contribution in [2.75, 3.05) is 6.61 Å². The second-order valence-electron chi connectivity index (χ2n) is 5.85. The summed E-state index contributed by atoms with van der Waals surface area (Å²) in [6.45, 7) is 2.52. The SMILES string of the molecule is CCOc1ccc(C2=N/C(=C\c3cnn(-c4ccccc4)c3)C(=O)O2)cc1. The number of aromatic nitrogens is 2. The van der Waals surface area contributed by atoms with Gasteiger partial charge in [-0.25, -0.2) is 14.5 Å². The number of ether oxygens (including phenoxy) is 2. The molecule has 4 rings (SSSR count). The van der Waals surface area contributed by atoms with Gasteiger partial charge in [-0.2, -0.15) is 5.10 Å². The summed E-state index contributed by atoms with van der Waals surface area (Å²) >= 11 is 0. The van der Waals surface area contributed by atoms with Crippen LogP contribution < -0.4 is 4.74 Å². The maximum Gasteiger partial charge on any atom is 0.363 e. The molecule has 0 atom stereocenters. The number of benzene rings is 2. The zero-order valence-corrected chi connectivity index (χ0v) is 14.7. The van der Waals surface area contributed by atoms with Crippen LogP contribution in [0.15, 0.2) is 77.7 Å². The molecule has 0 bridgehead atoms. The second kappa shape index (κ2) is 7.29. The summed E-state index contributed by atoms with van der Waals surface area (Å²) in [5, 5.41) is 4.32. The average molecular weight is 359 g/mol. The lowest BCUT2D eigenvalue weighted by molar-refractivity contribution is -0.129. The van der Waals surface area contributed by atoms with Crippen LogP contribution >= 0.6 is 0 Å². The molecular formula is C21H17N3O3. The van der Waals surface area contributed by atoms with Crippen molar-refractivity contribution in [3.8, 4) is 11.4 Å². The molecular weight excluding hydrogens is 342 g/mol. The summed E-state index contributed by atoms with van der Waals surface area (Å²) in [5.41, 5.74) is 2.67. The van der Waals surface area contributed by atoms with Crippen LogP contribution in [0.2, 0.25) is 0 Å². The summed E-state index contributed by atoms with van der Waals surface area (Å²) in [6, 6.07) is 17.0. The predicted molar refractivity (Wildman–Crippen MR) is 102 cm³/mol. The Morgan fingerprint density at radius 2 is 1.89 bits per heavy atom. The molecule has 0 aliphatic carbocycles. The van der Waals surface area contributed by atoms with Gasteiger partial charge >= 0.3 is 5.97 Å². The molecule has 0 spiro atoms. The summed E-state index contributed by atoms with van der Waals surface area (Å²) in [5.74, 6) is 0.561. The van der Waals surface area contributed by atoms with Gasteiger partial charge in [0, 0.05) is 17.3 Å². The first-order chi connectivity index (χ1) is 13.2. The number of esters is 1. The van der Waals surface area contributed by atoms with Gasteiger partial charge in [0.05, 0.1) is 18.5 Å². The van der Waals surface area contributed by atoms with Gasteiger partial charge in [-0.05, 0) is 49.4 Å². The molecule has 0 saturated heterocycles. The fourth-order valence-electron chi connectivity index (χ4n) is 2.68. The lowest BCUT2D eigenvalue weighted by Crippen LogP contribution is -2.05. The van der Waals surface area contributed by atoms with Gasteiger partial charge in [0.2, 0.25) is 5.90 Å². The highest BCUT2D eigenvalue weighted by Gasteiger charge is 2.24. The lowest BCUT2D eigenvalue weighted by Gasteiger charge is -2.03. The Morgan fingerprint density at radius 3 is 2.63 bits per heavy atom. The Hall–Kier alpha value is -3.67. The number of hydrogen-bond donors (Lipinski definition) is 0. The first kappa shape index (κ1) is 16.8. The number of rotatable bonds is 5. The van der Waals surface area contributed by atoms with Crippen LogP contribution in [0.25, 0.3) is 11.8 Å². The molecule has 0 unspecified atom stereocenters. The molecule has 2 heterocycles. The maximum atomic E-state index is 12.2. The number of hydrogen-bond acceptors (Lipinski definition) is 5. The van der Waals surface area contributed by atoms with E-state index < -0.39 is 5.97 Å². The zero-order valence-electron chi connectivity index (χ0n) is 14.7. The Kier molecular flexibility index (Phi) is 4.53. The standard InChI is InChI=1S/C21H17N3O3/c1-2-26-18-10-8-16(9-11-18)20-23-19(21(25)27-20)12-15-13-22-24(14-15)17-6-4-3-5-7-17/h3-14H,2H2,1H3/b19-12-. The normalized spacial score (nSPS) is 14.9. The van der Waals surface area contributed by atoms with Crippen LogP contribution in [0.3, 0.4) is 0 Å². The van der Waals surface area contributed by atoms with Crippen molar-refractivity contribution >= 4 is 17.9 Å². The average Bonchev–Trinajstić information content (AvgIpc) is 3.31. The third kappa shape index (κ3) is 3.64. The van der Waals surface area contributed by atoms with Crippen molar-refractivity contribution in [1.82, 2.24) is 9.78 Å². The minimum Gasteiger partial charge on any atom is -0.494 e. The zero-order chi connectivity index (χ0) is 18.6. The highest BCUT2D eigenvalue weighted by molar-refractivity contribution is 6.12. The first-order valence-corrected chi connectivity index (χ1v) is 8.59. The number of cyclic esters (lactones) is 1. The van der Waals surface area contributed by atoms with Gasteiger partial charge in [-0.3, -0.25) is 0 Å². The fourth-order valence-corrected chi connectivity index (χ4v) is 2.68. The van der Waals surface area contributed by atoms with Gasteiger partial charge in [-0.15, -0.1) is 0 Å². The third-order valence-corrected chi connectivity index (χ3v) is 3.96. The minimum absolute atomic E-state index is 0.242. The number of carbonyl (C=O) groups is 1. The number of para-hydroxylation sites is 1. The van der Waals surface area contributed by atoms with E-state index >= 15 is 0 Å². The number of aliphatic imine (C=N–C) groups is 1. The van der Waals surface area contributed by atoms with E-state index in [1.54, 1.807) is 17.0 Å². The van der Waals surface area contributed by atoms with Gasteiger partial charge in [0.15, 0.2) is 5.70 Å². The van der Waals surface area contributed by atoms with E-state index in [-0.39, 0.29) is 11.6 Å². The van der Waals surface area contributed by atoms with Crippen LogP contribution in [-0.4, -0.2) is 28.3 Å². The van der Waals surface area contributed by atoms with Gasteiger partial charge in [-0.1, -0.05) is 18.2 Å². The van der Waals surface area contributed by atoms with Crippen molar-refractivity contribution in [1.29, 1.82) is 0 Å². The van der Waals surface area contributed by atoms with E-state index in [1.807, 2.05) is 67.7 Å². The van der Waals surface area contributed by atoms with Crippen LogP contribution in [0.5, 0.6) is 5.75 Å². The molecule has 2 aromatic carbocycles. The van der Waals surface area contributed by atoms with Crippen molar-refractivity contribution < 1.29 is 14.3 Å². The smallest absolute Gasteiger partial charge is 0.363 e. The highest BCUT2D eigenvalue weighted by Crippen LogP contribution is 2.21. The topological polar surface area (TPSA) is 65.7 Å². The molecule has 27 heavy (non-hydrogen) atoms. The van der Waals surface area contributed by atoms with Crippen LogP contribution in [-0.2, 0) is 9.53 Å². The van der Waals surface area contributed by atoms with Crippen LogP contribution in [0.4, 0.5) is 0 Å². The molecule has 3 aromatic rings. The lowest BCUT2D eigenvalue weighted by atomic mass is 10.2. The minimum atomic E-state index is -0.480. The molecule has 134 valence electrons. The summed E-state index contributed by atoms with van der Waals surface area (Å²) in [6.07, 6.45) is 5.17. The quantitative estimate of drug-likeness (QED) is 0.516. The Morgan fingerprint density at radius 1 is 1.11 bits per heavy atom. The van der Waals surface area contributed by atoms with E-state index in [9.17, 15) is 4.79 Å². The Balaban J connectivity index is 1.57. The predicted octanol–water partition coefficient (Wildman–Crippen LogP) is 3.62. The largest absolute Gasteiger partial charge is 0.494 e. The molecule has 0 fully saturated rings. The Bertz CT molecular complexity index is 1020. The molecule has 0 N–H and O–H groups in total. The van der Waals surface area contributed by atoms with Crippen molar-refractivity contribution in [2.45, 2.75) is 6.92 Å². The van der Waals surface area contributed by atoms with E-state index in [0.717, 1.165) is 22.6 Å². The second-order valence-corrected chi connectivity index (χ2v) is 5.85. The van der Waals surface area contributed by atoms with Crippen LogP contribution in [0, 0.1) is 0 Å². The van der Waals surface area contributed by atoms with E-state index in [1.165, 1.54) is 0 Å². The number of carbonyl (C=O) groups excluding carboxylic acids is 1. The van der Waals surface area contributed by atoms with Crippen molar-refractivity contribution in [3.63, 3.8) is 0 Å². The molecule has 1 aliphatic rings. The number of nitrogens with zero attached hydrogens (tertiary/aromatic N) is 3.